The van der Waals surface area contributed by atoms with Crippen molar-refractivity contribution in [3.8, 4) is 11.3 Å². The van der Waals surface area contributed by atoms with Crippen molar-refractivity contribution in [3.05, 3.63) is 107 Å². The molecule has 1 aliphatic heterocycles. The van der Waals surface area contributed by atoms with Crippen LogP contribution in [0.1, 0.15) is 45.0 Å². The predicted molar refractivity (Wildman–Crippen MR) is 139 cm³/mol. The molecule has 2 aromatic carbocycles. The molecule has 0 radical (unpaired) electrons. The summed E-state index contributed by atoms with van der Waals surface area (Å²) < 4.78 is 11.3. The third-order valence-electron chi connectivity index (χ3n) is 6.35. The zero-order chi connectivity index (χ0) is 24.5. The normalized spacial score (nSPS) is 17.3. The lowest BCUT2D eigenvalue weighted by atomic mass is 10.0. The molecule has 3 heterocycles. The summed E-state index contributed by atoms with van der Waals surface area (Å²) in [5, 5.41) is 4.07. The smallest absolute Gasteiger partial charge is 0.337 e. The molecule has 2 aromatic heterocycles. The molecule has 0 bridgehead atoms. The van der Waals surface area contributed by atoms with Crippen molar-refractivity contribution in [1.29, 1.82) is 0 Å². The van der Waals surface area contributed by atoms with Crippen molar-refractivity contribution in [2.24, 2.45) is 0 Å². The monoisotopic (exact) mass is 483 g/mol. The van der Waals surface area contributed by atoms with Crippen LogP contribution < -0.4 is 10.2 Å². The number of benzene rings is 2. The van der Waals surface area contributed by atoms with Crippen LogP contribution >= 0.6 is 12.2 Å². The average molecular weight is 484 g/mol. The minimum Gasteiger partial charge on any atom is -0.465 e. The van der Waals surface area contributed by atoms with Crippen LogP contribution in [0.15, 0.2) is 83.4 Å². The zero-order valence-corrected chi connectivity index (χ0v) is 20.5. The highest BCUT2D eigenvalue weighted by atomic mass is 32.1. The van der Waals surface area contributed by atoms with E-state index in [2.05, 4.69) is 47.2 Å². The fourth-order valence-electron chi connectivity index (χ4n) is 4.38. The van der Waals surface area contributed by atoms with Gasteiger partial charge in [-0.1, -0.05) is 24.3 Å². The van der Waals surface area contributed by atoms with Crippen LogP contribution in [0.2, 0.25) is 0 Å². The second-order valence-electron chi connectivity index (χ2n) is 8.54. The van der Waals surface area contributed by atoms with Gasteiger partial charge in [-0.3, -0.25) is 4.98 Å². The maximum absolute atomic E-state index is 12.0. The summed E-state index contributed by atoms with van der Waals surface area (Å²) in [5.41, 5.74) is 5.52. The van der Waals surface area contributed by atoms with Gasteiger partial charge in [0.15, 0.2) is 5.11 Å². The summed E-state index contributed by atoms with van der Waals surface area (Å²) in [6.45, 7) is 4.19. The molecule has 0 aliphatic carbocycles. The highest BCUT2D eigenvalue weighted by Gasteiger charge is 2.42. The molecule has 0 amide bonds. The number of aromatic nitrogens is 1. The Morgan fingerprint density at radius 1 is 1.03 bits per heavy atom. The highest BCUT2D eigenvalue weighted by Crippen LogP contribution is 2.43. The van der Waals surface area contributed by atoms with Crippen molar-refractivity contribution >= 4 is 29.0 Å². The van der Waals surface area contributed by atoms with Crippen LogP contribution in [0, 0.1) is 13.8 Å². The summed E-state index contributed by atoms with van der Waals surface area (Å²) in [6, 6.07) is 22.8. The Balaban J connectivity index is 1.58. The molecule has 5 rings (SSSR count). The number of hydrogen-bond acceptors (Lipinski definition) is 5. The van der Waals surface area contributed by atoms with E-state index in [0.29, 0.717) is 16.4 Å². The van der Waals surface area contributed by atoms with Gasteiger partial charge in [-0.15, -0.1) is 0 Å². The maximum Gasteiger partial charge on any atom is 0.337 e. The quantitative estimate of drug-likeness (QED) is 0.279. The van der Waals surface area contributed by atoms with E-state index in [0.717, 1.165) is 22.7 Å². The van der Waals surface area contributed by atoms with Gasteiger partial charge < -0.3 is 19.4 Å². The predicted octanol–water partition coefficient (Wildman–Crippen LogP) is 5.92. The fraction of sp³-hybridized carbons (Fsp3) is 0.179. The Bertz CT molecular complexity index is 1400. The lowest BCUT2D eigenvalue weighted by molar-refractivity contribution is 0.0601. The summed E-state index contributed by atoms with van der Waals surface area (Å²) in [5.74, 6) is 1.01. The van der Waals surface area contributed by atoms with Crippen LogP contribution in [0.4, 0.5) is 5.69 Å². The van der Waals surface area contributed by atoms with Crippen molar-refractivity contribution in [3.63, 3.8) is 0 Å². The lowest BCUT2D eigenvalue weighted by Crippen LogP contribution is -2.29. The first kappa shape index (κ1) is 22.8. The van der Waals surface area contributed by atoms with Crippen LogP contribution in [0.25, 0.3) is 11.3 Å². The summed E-state index contributed by atoms with van der Waals surface area (Å²) in [6.07, 6.45) is 1.78. The van der Waals surface area contributed by atoms with E-state index in [4.69, 9.17) is 21.4 Å². The fourth-order valence-corrected chi connectivity index (χ4v) is 4.73. The van der Waals surface area contributed by atoms with E-state index in [1.165, 1.54) is 18.2 Å². The Labute approximate surface area is 209 Å². The molecule has 1 fully saturated rings. The van der Waals surface area contributed by atoms with Crippen LogP contribution in [-0.4, -0.2) is 23.2 Å². The highest BCUT2D eigenvalue weighted by molar-refractivity contribution is 7.80. The Kier molecular flexibility index (Phi) is 6.09. The number of esters is 1. The first-order chi connectivity index (χ1) is 17.0. The number of nitrogens with zero attached hydrogens (tertiary/aromatic N) is 2. The van der Waals surface area contributed by atoms with Gasteiger partial charge in [0.1, 0.15) is 17.6 Å². The molecule has 0 spiro atoms. The van der Waals surface area contributed by atoms with E-state index in [1.807, 2.05) is 42.5 Å². The molecule has 35 heavy (non-hydrogen) atoms. The van der Waals surface area contributed by atoms with Crippen LogP contribution in [-0.2, 0) is 4.74 Å². The number of furan rings is 1. The first-order valence-electron chi connectivity index (χ1n) is 11.3. The Morgan fingerprint density at radius 2 is 1.89 bits per heavy atom. The third kappa shape index (κ3) is 4.31. The van der Waals surface area contributed by atoms with E-state index in [9.17, 15) is 4.79 Å². The summed E-state index contributed by atoms with van der Waals surface area (Å²) in [4.78, 5) is 18.7. The van der Waals surface area contributed by atoms with Gasteiger partial charge >= 0.3 is 5.97 Å². The van der Waals surface area contributed by atoms with Gasteiger partial charge in [-0.2, -0.15) is 0 Å². The van der Waals surface area contributed by atoms with E-state index < -0.39 is 0 Å². The molecule has 1 saturated heterocycles. The van der Waals surface area contributed by atoms with Gasteiger partial charge in [-0.05, 0) is 85.7 Å². The molecule has 6 nitrogen and oxygen atoms in total. The zero-order valence-electron chi connectivity index (χ0n) is 19.7. The van der Waals surface area contributed by atoms with Crippen molar-refractivity contribution in [2.45, 2.75) is 25.9 Å². The Morgan fingerprint density at radius 3 is 2.63 bits per heavy atom. The van der Waals surface area contributed by atoms with E-state index in [1.54, 1.807) is 18.3 Å². The second-order valence-corrected chi connectivity index (χ2v) is 8.93. The number of rotatable bonds is 5. The largest absolute Gasteiger partial charge is 0.465 e. The SMILES string of the molecule is COC(=O)c1cccc(-c2ccc([C@@H]3[C@@H](c4ccccn4)NC(=S)N3c3ccc(C)c(C)c3)o2)c1. The lowest BCUT2D eigenvalue weighted by Gasteiger charge is -2.26. The number of thiocarbonyl (C=S) groups is 1. The minimum absolute atomic E-state index is 0.203. The van der Waals surface area contributed by atoms with Gasteiger partial charge in [-0.25, -0.2) is 4.79 Å². The molecule has 7 heteroatoms. The number of nitrogens with one attached hydrogen (secondary N) is 1. The molecular weight excluding hydrogens is 458 g/mol. The Hall–Kier alpha value is -3.97. The number of carbonyl (C=O) groups excluding carboxylic acids is 1. The van der Waals surface area contributed by atoms with Crippen molar-refractivity contribution in [2.75, 3.05) is 12.0 Å². The van der Waals surface area contributed by atoms with Gasteiger partial charge in [0.25, 0.3) is 0 Å². The number of anilines is 1. The number of hydrogen-bond donors (Lipinski definition) is 1. The molecule has 0 saturated carbocycles. The third-order valence-corrected chi connectivity index (χ3v) is 6.67. The summed E-state index contributed by atoms with van der Waals surface area (Å²) >= 11 is 5.81. The first-order valence-corrected chi connectivity index (χ1v) is 11.7. The van der Waals surface area contributed by atoms with E-state index in [-0.39, 0.29) is 18.1 Å². The van der Waals surface area contributed by atoms with Gasteiger partial charge in [0.2, 0.25) is 0 Å². The van der Waals surface area contributed by atoms with Crippen LogP contribution in [0.5, 0.6) is 0 Å². The molecule has 1 N–H and O–H groups in total. The van der Waals surface area contributed by atoms with Gasteiger partial charge in [0.05, 0.1) is 24.4 Å². The van der Waals surface area contributed by atoms with Crippen molar-refractivity contribution < 1.29 is 13.9 Å². The van der Waals surface area contributed by atoms with E-state index >= 15 is 0 Å². The molecular formula is C28H25N3O3S. The standard InChI is InChI=1S/C28H25N3O3S/c1-17-10-11-21(15-18(17)2)31-26(25(30-28(31)35)22-9-4-5-14-29-22)24-13-12-23(34-24)19-7-6-8-20(16-19)27(32)33-3/h4-16,25-26H,1-3H3,(H,30,35)/t25-,26-/m1/s1. The molecule has 4 aromatic rings. The van der Waals surface area contributed by atoms with Gasteiger partial charge in [0, 0.05) is 17.4 Å². The number of pyridine rings is 1. The second kappa shape index (κ2) is 9.35. The molecule has 1 aliphatic rings. The number of methoxy groups -OCH3 is 1. The molecule has 176 valence electrons. The molecule has 2 atom stereocenters. The van der Waals surface area contributed by atoms with Crippen LogP contribution in [0.3, 0.4) is 0 Å². The number of carbonyl (C=O) groups is 1. The number of ether oxygens (including phenoxy) is 1. The minimum atomic E-state index is -0.389. The summed E-state index contributed by atoms with van der Waals surface area (Å²) in [7, 11) is 1.37. The molecule has 0 unspecified atom stereocenters. The average Bonchev–Trinajstić information content (AvgIpc) is 3.50. The topological polar surface area (TPSA) is 67.6 Å². The van der Waals surface area contributed by atoms with Crippen molar-refractivity contribution in [1.82, 2.24) is 10.3 Å². The number of aryl methyl sites for hydroxylation is 2. The maximum atomic E-state index is 12.0.